The summed E-state index contributed by atoms with van der Waals surface area (Å²) < 4.78 is 15.6. The molecule has 0 unspecified atom stereocenters. The number of carbonyl (C=O) groups is 1. The second kappa shape index (κ2) is 7.01. The third-order valence-electron chi connectivity index (χ3n) is 4.35. The first kappa shape index (κ1) is 16.3. The van der Waals surface area contributed by atoms with Crippen LogP contribution in [0.2, 0.25) is 0 Å². The van der Waals surface area contributed by atoms with E-state index in [9.17, 15) is 4.79 Å². The molecule has 1 aromatic heterocycles. The van der Waals surface area contributed by atoms with E-state index in [2.05, 4.69) is 20.5 Å². The number of hydrogen-bond donors (Lipinski definition) is 1. The van der Waals surface area contributed by atoms with E-state index in [0.29, 0.717) is 41.2 Å². The molecular weight excluding hydrogens is 336 g/mol. The number of methoxy groups -OCH3 is 1. The van der Waals surface area contributed by atoms with Crippen molar-refractivity contribution in [3.05, 3.63) is 42.0 Å². The Hall–Kier alpha value is -3.13. The number of para-hydroxylation sites is 1. The van der Waals surface area contributed by atoms with Crippen molar-refractivity contribution < 1.29 is 18.9 Å². The van der Waals surface area contributed by atoms with Crippen LogP contribution in [0.4, 0.5) is 11.4 Å². The van der Waals surface area contributed by atoms with Crippen LogP contribution in [0.5, 0.6) is 5.75 Å². The summed E-state index contributed by atoms with van der Waals surface area (Å²) in [6.07, 6.45) is 0. The van der Waals surface area contributed by atoms with E-state index in [1.807, 2.05) is 18.2 Å². The van der Waals surface area contributed by atoms with Gasteiger partial charge in [-0.15, -0.1) is 0 Å². The number of rotatable bonds is 4. The summed E-state index contributed by atoms with van der Waals surface area (Å²) >= 11 is 0. The van der Waals surface area contributed by atoms with Crippen LogP contribution in [0.25, 0.3) is 11.0 Å². The largest absolute Gasteiger partial charge is 0.496 e. The predicted octanol–water partition coefficient (Wildman–Crippen LogP) is 2.32. The number of carbonyl (C=O) groups excluding carboxylic acids is 1. The monoisotopic (exact) mass is 354 g/mol. The highest BCUT2D eigenvalue weighted by Gasteiger charge is 2.20. The molecule has 1 amide bonds. The second-order valence-corrected chi connectivity index (χ2v) is 5.85. The Morgan fingerprint density at radius 3 is 2.69 bits per heavy atom. The molecule has 3 aromatic rings. The number of nitrogens with zero attached hydrogens (tertiary/aromatic N) is 3. The van der Waals surface area contributed by atoms with Crippen LogP contribution in [0, 0.1) is 0 Å². The van der Waals surface area contributed by atoms with Crippen molar-refractivity contribution in [2.45, 2.75) is 0 Å². The highest BCUT2D eigenvalue weighted by Crippen LogP contribution is 2.31. The number of morpholine rings is 1. The van der Waals surface area contributed by atoms with Gasteiger partial charge in [-0.3, -0.25) is 4.79 Å². The smallest absolute Gasteiger partial charge is 0.259 e. The Labute approximate surface area is 149 Å². The molecule has 4 rings (SSSR count). The average molecular weight is 354 g/mol. The Balaban J connectivity index is 1.65. The summed E-state index contributed by atoms with van der Waals surface area (Å²) in [5.74, 6) is 0.218. The number of ether oxygens (including phenoxy) is 2. The van der Waals surface area contributed by atoms with E-state index in [1.54, 1.807) is 18.2 Å². The molecule has 1 saturated heterocycles. The van der Waals surface area contributed by atoms with Gasteiger partial charge in [0.1, 0.15) is 5.75 Å². The standard InChI is InChI=1S/C18H18N4O4/c1-24-15-5-3-2-4-12(15)18(23)19-13-6-7-14(17-16(13)20-26-21-17)22-8-10-25-11-9-22/h2-7H,8-11H2,1H3,(H,19,23). The molecule has 0 spiro atoms. The molecule has 1 N–H and O–H groups in total. The molecule has 2 aromatic carbocycles. The molecule has 8 heteroatoms. The average Bonchev–Trinajstić information content (AvgIpc) is 3.19. The van der Waals surface area contributed by atoms with Crippen molar-refractivity contribution in [3.63, 3.8) is 0 Å². The first-order valence-electron chi connectivity index (χ1n) is 8.30. The molecule has 26 heavy (non-hydrogen) atoms. The van der Waals surface area contributed by atoms with Crippen LogP contribution in [0.15, 0.2) is 41.0 Å². The Morgan fingerprint density at radius 1 is 1.12 bits per heavy atom. The normalized spacial score (nSPS) is 14.4. The minimum Gasteiger partial charge on any atom is -0.496 e. The number of aromatic nitrogens is 2. The minimum atomic E-state index is -0.286. The first-order chi connectivity index (χ1) is 12.8. The summed E-state index contributed by atoms with van der Waals surface area (Å²) in [6.45, 7) is 2.88. The van der Waals surface area contributed by atoms with E-state index in [1.165, 1.54) is 7.11 Å². The molecule has 1 aliphatic heterocycles. The lowest BCUT2D eigenvalue weighted by Crippen LogP contribution is -2.36. The SMILES string of the molecule is COc1ccccc1C(=O)Nc1ccc(N2CCOCC2)c2nonc12. The van der Waals surface area contributed by atoms with Crippen LogP contribution in [-0.4, -0.2) is 49.6 Å². The quantitative estimate of drug-likeness (QED) is 0.769. The number of nitrogens with one attached hydrogen (secondary N) is 1. The van der Waals surface area contributed by atoms with Crippen molar-refractivity contribution in [2.24, 2.45) is 0 Å². The number of hydrogen-bond acceptors (Lipinski definition) is 7. The third-order valence-corrected chi connectivity index (χ3v) is 4.35. The Kier molecular flexibility index (Phi) is 4.40. The van der Waals surface area contributed by atoms with Crippen LogP contribution < -0.4 is 15.0 Å². The molecule has 0 atom stereocenters. The fourth-order valence-electron chi connectivity index (χ4n) is 3.04. The van der Waals surface area contributed by atoms with Gasteiger partial charge >= 0.3 is 0 Å². The van der Waals surface area contributed by atoms with Crippen LogP contribution >= 0.6 is 0 Å². The molecule has 2 heterocycles. The number of amides is 1. The van der Waals surface area contributed by atoms with Crippen LogP contribution in [0.3, 0.4) is 0 Å². The van der Waals surface area contributed by atoms with Crippen LogP contribution in [-0.2, 0) is 4.74 Å². The zero-order valence-corrected chi connectivity index (χ0v) is 14.3. The van der Waals surface area contributed by atoms with Gasteiger partial charge in [-0.25, -0.2) is 4.63 Å². The molecule has 134 valence electrons. The fraction of sp³-hybridized carbons (Fsp3) is 0.278. The second-order valence-electron chi connectivity index (χ2n) is 5.85. The van der Waals surface area contributed by atoms with E-state index in [0.717, 1.165) is 18.8 Å². The number of benzene rings is 2. The minimum absolute atomic E-state index is 0.286. The molecule has 1 aliphatic rings. The van der Waals surface area contributed by atoms with Crippen molar-refractivity contribution in [3.8, 4) is 5.75 Å². The topological polar surface area (TPSA) is 89.7 Å². The predicted molar refractivity (Wildman–Crippen MR) is 95.8 cm³/mol. The zero-order valence-electron chi connectivity index (χ0n) is 14.3. The maximum Gasteiger partial charge on any atom is 0.259 e. The molecule has 0 bridgehead atoms. The lowest BCUT2D eigenvalue weighted by atomic mass is 10.1. The van der Waals surface area contributed by atoms with Gasteiger partial charge in [-0.1, -0.05) is 12.1 Å². The van der Waals surface area contributed by atoms with E-state index < -0.39 is 0 Å². The van der Waals surface area contributed by atoms with Crippen molar-refractivity contribution in [1.82, 2.24) is 10.3 Å². The maximum absolute atomic E-state index is 12.6. The fourth-order valence-corrected chi connectivity index (χ4v) is 3.04. The van der Waals surface area contributed by atoms with Crippen molar-refractivity contribution >= 4 is 28.3 Å². The highest BCUT2D eigenvalue weighted by molar-refractivity contribution is 6.10. The number of fused-ring (bicyclic) bond motifs is 1. The summed E-state index contributed by atoms with van der Waals surface area (Å²) in [6, 6.07) is 10.8. The lowest BCUT2D eigenvalue weighted by molar-refractivity contribution is 0.102. The first-order valence-corrected chi connectivity index (χ1v) is 8.30. The molecule has 0 aliphatic carbocycles. The van der Waals surface area contributed by atoms with Crippen molar-refractivity contribution in [2.75, 3.05) is 43.6 Å². The van der Waals surface area contributed by atoms with Crippen molar-refractivity contribution in [1.29, 1.82) is 0 Å². The highest BCUT2D eigenvalue weighted by atomic mass is 16.6. The molecule has 0 radical (unpaired) electrons. The summed E-state index contributed by atoms with van der Waals surface area (Å²) in [5, 5.41) is 10.9. The van der Waals surface area contributed by atoms with Gasteiger partial charge in [0.05, 0.1) is 37.3 Å². The van der Waals surface area contributed by atoms with Gasteiger partial charge in [-0.2, -0.15) is 0 Å². The van der Waals surface area contributed by atoms with Crippen LogP contribution in [0.1, 0.15) is 10.4 Å². The summed E-state index contributed by atoms with van der Waals surface area (Å²) in [7, 11) is 1.53. The number of anilines is 2. The van der Waals surface area contributed by atoms with E-state index in [4.69, 9.17) is 14.1 Å². The lowest BCUT2D eigenvalue weighted by Gasteiger charge is -2.28. The van der Waals surface area contributed by atoms with Gasteiger partial charge in [0, 0.05) is 13.1 Å². The third kappa shape index (κ3) is 2.95. The molecule has 8 nitrogen and oxygen atoms in total. The van der Waals surface area contributed by atoms with Gasteiger partial charge in [0.15, 0.2) is 11.0 Å². The van der Waals surface area contributed by atoms with Gasteiger partial charge in [0.2, 0.25) is 0 Å². The van der Waals surface area contributed by atoms with Gasteiger partial charge < -0.3 is 19.7 Å². The van der Waals surface area contributed by atoms with Gasteiger partial charge in [-0.05, 0) is 34.6 Å². The van der Waals surface area contributed by atoms with Gasteiger partial charge in [0.25, 0.3) is 5.91 Å². The maximum atomic E-state index is 12.6. The van der Waals surface area contributed by atoms with E-state index >= 15 is 0 Å². The summed E-state index contributed by atoms with van der Waals surface area (Å²) in [4.78, 5) is 14.8. The van der Waals surface area contributed by atoms with E-state index in [-0.39, 0.29) is 5.91 Å². The zero-order chi connectivity index (χ0) is 17.9. The Morgan fingerprint density at radius 2 is 1.88 bits per heavy atom. The molecule has 0 saturated carbocycles. The molecule has 1 fully saturated rings. The molecular formula is C18H18N4O4. The Bertz CT molecular complexity index is 934. The summed E-state index contributed by atoms with van der Waals surface area (Å²) in [5.41, 5.74) is 3.02.